The van der Waals surface area contributed by atoms with Crippen LogP contribution in [0.2, 0.25) is 0 Å². The van der Waals surface area contributed by atoms with Crippen molar-refractivity contribution in [1.29, 1.82) is 0 Å². The van der Waals surface area contributed by atoms with E-state index in [0.29, 0.717) is 4.83 Å². The Morgan fingerprint density at radius 1 is 1.28 bits per heavy atom. The average molecular weight is 307 g/mol. The quantitative estimate of drug-likeness (QED) is 0.765. The Balaban J connectivity index is 1.88. The second-order valence-corrected chi connectivity index (χ2v) is 6.52. The Hall–Kier alpha value is -0.830. The van der Waals surface area contributed by atoms with Gasteiger partial charge in [0.25, 0.3) is 0 Å². The highest BCUT2D eigenvalue weighted by Crippen LogP contribution is 2.32. The molecule has 1 saturated carbocycles. The molecule has 2 nitrogen and oxygen atoms in total. The van der Waals surface area contributed by atoms with E-state index >= 15 is 0 Å². The van der Waals surface area contributed by atoms with Gasteiger partial charge in [-0.25, -0.2) is 4.98 Å². The zero-order valence-electron chi connectivity index (χ0n) is 10.8. The fourth-order valence-corrected chi connectivity index (χ4v) is 3.78. The number of alkyl halides is 1. The van der Waals surface area contributed by atoms with Crippen LogP contribution in [0, 0.1) is 5.92 Å². The fourth-order valence-electron chi connectivity index (χ4n) is 3.00. The van der Waals surface area contributed by atoms with Gasteiger partial charge in [0.2, 0.25) is 0 Å². The van der Waals surface area contributed by atoms with Crippen LogP contribution in [0.3, 0.4) is 0 Å². The van der Waals surface area contributed by atoms with E-state index in [1.165, 1.54) is 37.0 Å². The molecule has 2 unspecified atom stereocenters. The summed E-state index contributed by atoms with van der Waals surface area (Å²) in [4.78, 5) is 5.46. The van der Waals surface area contributed by atoms with Gasteiger partial charge in [-0.3, -0.25) is 0 Å². The second kappa shape index (κ2) is 5.04. The van der Waals surface area contributed by atoms with Crippen molar-refractivity contribution in [3.05, 3.63) is 30.1 Å². The van der Waals surface area contributed by atoms with E-state index in [0.717, 1.165) is 17.9 Å². The number of aryl methyl sites for hydroxylation is 1. The molecule has 1 aliphatic carbocycles. The van der Waals surface area contributed by atoms with Gasteiger partial charge in [0.05, 0.1) is 11.0 Å². The lowest BCUT2D eigenvalue weighted by molar-refractivity contribution is 0.366. The van der Waals surface area contributed by atoms with Crippen molar-refractivity contribution in [2.45, 2.75) is 36.9 Å². The van der Waals surface area contributed by atoms with Gasteiger partial charge in [0.15, 0.2) is 0 Å². The predicted octanol–water partition coefficient (Wildman–Crippen LogP) is 4.07. The molecule has 1 aliphatic rings. The van der Waals surface area contributed by atoms with Crippen molar-refractivity contribution in [3.63, 3.8) is 0 Å². The summed E-state index contributed by atoms with van der Waals surface area (Å²) in [5.74, 6) is 1.97. The van der Waals surface area contributed by atoms with Gasteiger partial charge in [-0.1, -0.05) is 40.9 Å². The summed E-state index contributed by atoms with van der Waals surface area (Å²) in [5, 5.41) is 0. The van der Waals surface area contributed by atoms with Gasteiger partial charge in [-0.05, 0) is 30.9 Å². The average Bonchev–Trinajstić information content (AvgIpc) is 2.70. The minimum Gasteiger partial charge on any atom is -0.331 e. The first-order valence-electron chi connectivity index (χ1n) is 6.80. The molecule has 0 amide bonds. The highest BCUT2D eigenvalue weighted by Gasteiger charge is 2.24. The molecule has 0 spiro atoms. The molecule has 3 heteroatoms. The van der Waals surface area contributed by atoms with Gasteiger partial charge in [0, 0.05) is 18.3 Å². The number of hydrogen-bond donors (Lipinski definition) is 0. The first-order valence-corrected chi connectivity index (χ1v) is 7.71. The second-order valence-electron chi connectivity index (χ2n) is 5.34. The van der Waals surface area contributed by atoms with Crippen LogP contribution in [0.25, 0.3) is 11.0 Å². The summed E-state index contributed by atoms with van der Waals surface area (Å²) in [5.41, 5.74) is 2.37. The van der Waals surface area contributed by atoms with Crippen LogP contribution in [0.1, 0.15) is 31.5 Å². The van der Waals surface area contributed by atoms with Crippen LogP contribution < -0.4 is 0 Å². The van der Waals surface area contributed by atoms with Crippen molar-refractivity contribution >= 4 is 27.0 Å². The minimum atomic E-state index is 0.672. The summed E-state index contributed by atoms with van der Waals surface area (Å²) in [7, 11) is 2.14. The number of para-hydroxylation sites is 2. The Morgan fingerprint density at radius 2 is 2.06 bits per heavy atom. The number of imidazole rings is 1. The van der Waals surface area contributed by atoms with Gasteiger partial charge in [-0.15, -0.1) is 0 Å². The summed E-state index contributed by atoms with van der Waals surface area (Å²) in [6, 6.07) is 8.40. The van der Waals surface area contributed by atoms with Crippen molar-refractivity contribution < 1.29 is 0 Å². The molecule has 0 N–H and O–H groups in total. The largest absolute Gasteiger partial charge is 0.331 e. The molecule has 2 atom stereocenters. The third-order valence-corrected chi connectivity index (χ3v) is 5.35. The lowest BCUT2D eigenvalue weighted by Gasteiger charge is -2.26. The van der Waals surface area contributed by atoms with Gasteiger partial charge < -0.3 is 4.57 Å². The summed E-state index contributed by atoms with van der Waals surface area (Å²) >= 11 is 3.84. The number of nitrogens with zero attached hydrogens (tertiary/aromatic N) is 2. The first kappa shape index (κ1) is 12.2. The van der Waals surface area contributed by atoms with Crippen molar-refractivity contribution in [2.24, 2.45) is 13.0 Å². The van der Waals surface area contributed by atoms with E-state index < -0.39 is 0 Å². The Kier molecular flexibility index (Phi) is 3.42. The number of hydrogen-bond acceptors (Lipinski definition) is 1. The fraction of sp³-hybridized carbons (Fsp3) is 0.533. The maximum atomic E-state index is 4.78. The number of benzene rings is 1. The molecule has 18 heavy (non-hydrogen) atoms. The normalized spacial score (nSPS) is 24.6. The molecule has 0 radical (unpaired) electrons. The molecule has 0 aliphatic heterocycles. The highest BCUT2D eigenvalue weighted by atomic mass is 79.9. The third-order valence-electron chi connectivity index (χ3n) is 4.14. The standard InChI is InChI=1S/C15H19BrN2/c1-18-14-9-5-4-8-13(14)17-15(18)10-11-6-2-3-7-12(11)16/h4-5,8-9,11-12H,2-3,6-7,10H2,1H3. The SMILES string of the molecule is Cn1c(CC2CCCCC2Br)nc2ccccc21. The molecular formula is C15H19BrN2. The van der Waals surface area contributed by atoms with Gasteiger partial charge >= 0.3 is 0 Å². The molecule has 1 heterocycles. The third kappa shape index (κ3) is 2.20. The van der Waals surface area contributed by atoms with Crippen LogP contribution in [-0.4, -0.2) is 14.4 Å². The zero-order chi connectivity index (χ0) is 12.5. The van der Waals surface area contributed by atoms with Crippen LogP contribution in [0.15, 0.2) is 24.3 Å². The Morgan fingerprint density at radius 3 is 2.83 bits per heavy atom. The number of fused-ring (bicyclic) bond motifs is 1. The molecule has 1 aromatic carbocycles. The minimum absolute atomic E-state index is 0.672. The molecule has 0 bridgehead atoms. The lowest BCUT2D eigenvalue weighted by Crippen LogP contribution is -2.22. The molecule has 96 valence electrons. The number of rotatable bonds is 2. The van der Waals surface area contributed by atoms with Crippen LogP contribution >= 0.6 is 15.9 Å². The van der Waals surface area contributed by atoms with Crippen molar-refractivity contribution in [3.8, 4) is 0 Å². The molecule has 3 rings (SSSR count). The van der Waals surface area contributed by atoms with E-state index in [1.54, 1.807) is 0 Å². The maximum absolute atomic E-state index is 4.78. The number of halogens is 1. The maximum Gasteiger partial charge on any atom is 0.109 e. The summed E-state index contributed by atoms with van der Waals surface area (Å²) in [6.45, 7) is 0. The van der Waals surface area contributed by atoms with Gasteiger partial charge in [-0.2, -0.15) is 0 Å². The smallest absolute Gasteiger partial charge is 0.109 e. The van der Waals surface area contributed by atoms with E-state index in [9.17, 15) is 0 Å². The summed E-state index contributed by atoms with van der Waals surface area (Å²) in [6.07, 6.45) is 6.49. The van der Waals surface area contributed by atoms with Crippen LogP contribution in [-0.2, 0) is 13.5 Å². The Labute approximate surface area is 117 Å². The Bertz CT molecular complexity index is 546. The molecule has 2 aromatic rings. The van der Waals surface area contributed by atoms with E-state index in [4.69, 9.17) is 4.98 Å². The molecule has 1 aromatic heterocycles. The van der Waals surface area contributed by atoms with E-state index in [1.807, 2.05) is 0 Å². The predicted molar refractivity (Wildman–Crippen MR) is 79.1 cm³/mol. The molecule has 0 saturated heterocycles. The zero-order valence-corrected chi connectivity index (χ0v) is 12.4. The van der Waals surface area contributed by atoms with E-state index in [-0.39, 0.29) is 0 Å². The van der Waals surface area contributed by atoms with Crippen LogP contribution in [0.4, 0.5) is 0 Å². The van der Waals surface area contributed by atoms with Crippen LogP contribution in [0.5, 0.6) is 0 Å². The van der Waals surface area contributed by atoms with Gasteiger partial charge in [0.1, 0.15) is 5.82 Å². The topological polar surface area (TPSA) is 17.8 Å². The van der Waals surface area contributed by atoms with Crippen molar-refractivity contribution in [1.82, 2.24) is 9.55 Å². The monoisotopic (exact) mass is 306 g/mol. The molecule has 1 fully saturated rings. The summed E-state index contributed by atoms with van der Waals surface area (Å²) < 4.78 is 2.25. The number of aromatic nitrogens is 2. The molecular weight excluding hydrogens is 288 g/mol. The van der Waals surface area contributed by atoms with E-state index in [2.05, 4.69) is 51.8 Å². The first-order chi connectivity index (χ1) is 8.75. The van der Waals surface area contributed by atoms with Crippen molar-refractivity contribution in [2.75, 3.05) is 0 Å². The lowest BCUT2D eigenvalue weighted by atomic mass is 9.86. The highest BCUT2D eigenvalue weighted by molar-refractivity contribution is 9.09.